The first-order valence-electron chi connectivity index (χ1n) is 20.9. The number of para-hydroxylation sites is 4. The van der Waals surface area contributed by atoms with Gasteiger partial charge in [0, 0.05) is 49.6 Å². The molecule has 0 aliphatic carbocycles. The van der Waals surface area contributed by atoms with Gasteiger partial charge in [0.05, 0.1) is 22.1 Å². The summed E-state index contributed by atoms with van der Waals surface area (Å²) in [6, 6.07) is 79.4. The lowest BCUT2D eigenvalue weighted by atomic mass is 9.95. The topological polar surface area (TPSA) is 48.5 Å². The van der Waals surface area contributed by atoms with Gasteiger partial charge in [-0.3, -0.25) is 0 Å². The first kappa shape index (κ1) is 35.5. The number of fused-ring (bicyclic) bond motifs is 6. The van der Waals surface area contributed by atoms with E-state index in [-0.39, 0.29) is 0 Å². The van der Waals surface area contributed by atoms with E-state index in [0.29, 0.717) is 17.5 Å². The van der Waals surface area contributed by atoms with E-state index in [0.717, 1.165) is 50.3 Å². The van der Waals surface area contributed by atoms with Crippen LogP contribution in [0.1, 0.15) is 0 Å². The molecule has 0 radical (unpaired) electrons. The number of hydrogen-bond acceptors (Lipinski definition) is 3. The van der Waals surface area contributed by atoms with Crippen molar-refractivity contribution in [1.82, 2.24) is 24.1 Å². The Morgan fingerprint density at radius 3 is 0.919 bits per heavy atom. The molecule has 0 saturated heterocycles. The molecule has 5 nitrogen and oxygen atoms in total. The molecule has 0 saturated carbocycles. The highest BCUT2D eigenvalue weighted by molar-refractivity contribution is 6.10. The van der Waals surface area contributed by atoms with E-state index in [2.05, 4.69) is 197 Å². The standard InChI is InChI=1S/C57H37N5/c1-3-17-38(18-4-1)55-58-56(39-19-5-2-6-20-39)60-57(59-55)44-34-42(40-21-15-23-45(36-40)61-51-29-11-7-25-47(51)48-26-8-12-30-52(48)61)33-43(35-44)41-22-16-24-46(37-41)62-53-31-13-9-27-49(53)50-28-10-14-32-54(50)62/h1-37H. The monoisotopic (exact) mass is 791 g/mol. The van der Waals surface area contributed by atoms with Gasteiger partial charge < -0.3 is 9.13 Å². The van der Waals surface area contributed by atoms with Crippen molar-refractivity contribution < 1.29 is 0 Å². The van der Waals surface area contributed by atoms with Crippen LogP contribution in [0.25, 0.3) is 111 Å². The molecule has 0 aliphatic rings. The van der Waals surface area contributed by atoms with Gasteiger partial charge in [-0.2, -0.15) is 0 Å². The molecule has 0 unspecified atom stereocenters. The maximum Gasteiger partial charge on any atom is 0.164 e. The molecule has 290 valence electrons. The number of nitrogens with zero attached hydrogens (tertiary/aromatic N) is 5. The van der Waals surface area contributed by atoms with Crippen LogP contribution in [0.2, 0.25) is 0 Å². The highest BCUT2D eigenvalue weighted by Gasteiger charge is 2.18. The molecule has 12 aromatic rings. The summed E-state index contributed by atoms with van der Waals surface area (Å²) >= 11 is 0. The molecule has 0 bridgehead atoms. The Bertz CT molecular complexity index is 3300. The molecule has 0 amide bonds. The van der Waals surface area contributed by atoms with Crippen LogP contribution in [-0.4, -0.2) is 24.1 Å². The fraction of sp³-hybridized carbons (Fsp3) is 0. The lowest BCUT2D eigenvalue weighted by Gasteiger charge is -2.15. The second-order valence-electron chi connectivity index (χ2n) is 15.7. The van der Waals surface area contributed by atoms with Gasteiger partial charge in [0.25, 0.3) is 0 Å². The molecule has 0 N–H and O–H groups in total. The molecule has 0 atom stereocenters. The molecule has 0 aliphatic heterocycles. The zero-order valence-corrected chi connectivity index (χ0v) is 33.6. The molecule has 0 spiro atoms. The van der Waals surface area contributed by atoms with E-state index in [1.165, 1.54) is 43.6 Å². The normalized spacial score (nSPS) is 11.5. The summed E-state index contributed by atoms with van der Waals surface area (Å²) in [5.41, 5.74) is 14.0. The van der Waals surface area contributed by atoms with Crippen LogP contribution in [0.3, 0.4) is 0 Å². The highest BCUT2D eigenvalue weighted by Crippen LogP contribution is 2.38. The third-order valence-electron chi connectivity index (χ3n) is 11.9. The van der Waals surface area contributed by atoms with Gasteiger partial charge in [0.1, 0.15) is 0 Å². The van der Waals surface area contributed by atoms with Gasteiger partial charge in [-0.15, -0.1) is 0 Å². The van der Waals surface area contributed by atoms with Gasteiger partial charge in [-0.05, 0) is 89.0 Å². The maximum atomic E-state index is 5.19. The van der Waals surface area contributed by atoms with Crippen LogP contribution < -0.4 is 0 Å². The Balaban J connectivity index is 1.08. The SMILES string of the molecule is c1ccc(-c2nc(-c3ccccc3)nc(-c3cc(-c4cccc(-n5c6ccccc6c6ccccc65)c4)cc(-c4cccc(-n5c6ccccc6c6ccccc65)c4)c3)n2)cc1. The smallest absolute Gasteiger partial charge is 0.164 e. The summed E-state index contributed by atoms with van der Waals surface area (Å²) in [6.45, 7) is 0. The molecule has 0 fully saturated rings. The van der Waals surface area contributed by atoms with Crippen LogP contribution in [0, 0.1) is 0 Å². The lowest BCUT2D eigenvalue weighted by molar-refractivity contribution is 1.07. The van der Waals surface area contributed by atoms with Crippen molar-refractivity contribution in [2.24, 2.45) is 0 Å². The molecule has 3 heterocycles. The minimum Gasteiger partial charge on any atom is -0.309 e. The van der Waals surface area contributed by atoms with Crippen molar-refractivity contribution in [2.45, 2.75) is 0 Å². The summed E-state index contributed by atoms with van der Waals surface area (Å²) < 4.78 is 4.75. The summed E-state index contributed by atoms with van der Waals surface area (Å²) in [4.78, 5) is 15.4. The third kappa shape index (κ3) is 6.06. The Morgan fingerprint density at radius 2 is 0.532 bits per heavy atom. The maximum absolute atomic E-state index is 5.19. The van der Waals surface area contributed by atoms with Crippen molar-refractivity contribution in [3.8, 4) is 67.8 Å². The molecular formula is C57H37N5. The summed E-state index contributed by atoms with van der Waals surface area (Å²) in [5.74, 6) is 1.86. The molecule has 3 aromatic heterocycles. The van der Waals surface area contributed by atoms with Crippen LogP contribution in [0.15, 0.2) is 224 Å². The first-order chi connectivity index (χ1) is 30.7. The van der Waals surface area contributed by atoms with E-state index in [1.807, 2.05) is 36.4 Å². The Morgan fingerprint density at radius 1 is 0.226 bits per heavy atom. The van der Waals surface area contributed by atoms with Gasteiger partial charge in [-0.1, -0.05) is 158 Å². The third-order valence-corrected chi connectivity index (χ3v) is 11.9. The van der Waals surface area contributed by atoms with E-state index in [9.17, 15) is 0 Å². The minimum absolute atomic E-state index is 0.609. The largest absolute Gasteiger partial charge is 0.309 e. The quantitative estimate of drug-likeness (QED) is 0.162. The fourth-order valence-electron chi connectivity index (χ4n) is 9.08. The number of benzene rings is 9. The van der Waals surface area contributed by atoms with Gasteiger partial charge in [0.15, 0.2) is 17.5 Å². The molecule has 12 rings (SSSR count). The summed E-state index contributed by atoms with van der Waals surface area (Å²) in [6.07, 6.45) is 0. The number of rotatable bonds is 7. The van der Waals surface area contributed by atoms with Crippen molar-refractivity contribution in [1.29, 1.82) is 0 Å². The van der Waals surface area contributed by atoms with Crippen LogP contribution >= 0.6 is 0 Å². The van der Waals surface area contributed by atoms with Crippen LogP contribution in [-0.2, 0) is 0 Å². The molecule has 62 heavy (non-hydrogen) atoms. The summed E-state index contributed by atoms with van der Waals surface area (Å²) in [7, 11) is 0. The molecular weight excluding hydrogens is 755 g/mol. The minimum atomic E-state index is 0.609. The molecule has 9 aromatic carbocycles. The zero-order valence-electron chi connectivity index (χ0n) is 33.6. The van der Waals surface area contributed by atoms with E-state index < -0.39 is 0 Å². The number of hydrogen-bond donors (Lipinski definition) is 0. The Kier molecular flexibility index (Phi) is 8.42. The van der Waals surface area contributed by atoms with Crippen molar-refractivity contribution in [3.63, 3.8) is 0 Å². The molecule has 5 heteroatoms. The second kappa shape index (κ2) is 14.7. The second-order valence-corrected chi connectivity index (χ2v) is 15.7. The summed E-state index contributed by atoms with van der Waals surface area (Å²) in [5, 5.41) is 4.94. The highest BCUT2D eigenvalue weighted by atomic mass is 15.0. The van der Waals surface area contributed by atoms with E-state index in [1.54, 1.807) is 0 Å². The predicted octanol–water partition coefficient (Wildman–Crippen LogP) is 14.4. The number of aromatic nitrogens is 5. The van der Waals surface area contributed by atoms with E-state index >= 15 is 0 Å². The average Bonchev–Trinajstić information content (AvgIpc) is 3.87. The Labute approximate surface area is 358 Å². The van der Waals surface area contributed by atoms with Gasteiger partial charge >= 0.3 is 0 Å². The zero-order chi connectivity index (χ0) is 41.0. The predicted molar refractivity (Wildman–Crippen MR) is 256 cm³/mol. The Hall–Kier alpha value is -8.41. The first-order valence-corrected chi connectivity index (χ1v) is 20.9. The fourth-order valence-corrected chi connectivity index (χ4v) is 9.08. The van der Waals surface area contributed by atoms with Gasteiger partial charge in [-0.25, -0.2) is 15.0 Å². The van der Waals surface area contributed by atoms with Crippen molar-refractivity contribution in [2.75, 3.05) is 0 Å². The van der Waals surface area contributed by atoms with Crippen molar-refractivity contribution >= 4 is 43.6 Å². The van der Waals surface area contributed by atoms with Crippen LogP contribution in [0.5, 0.6) is 0 Å². The lowest BCUT2D eigenvalue weighted by Crippen LogP contribution is -2.00. The van der Waals surface area contributed by atoms with Crippen LogP contribution in [0.4, 0.5) is 0 Å². The average molecular weight is 792 g/mol. The van der Waals surface area contributed by atoms with Gasteiger partial charge in [0.2, 0.25) is 0 Å². The van der Waals surface area contributed by atoms with E-state index in [4.69, 9.17) is 15.0 Å². The van der Waals surface area contributed by atoms with Crippen molar-refractivity contribution in [3.05, 3.63) is 224 Å².